The molecule has 1 saturated heterocycles. The van der Waals surface area contributed by atoms with Gasteiger partial charge in [0.15, 0.2) is 6.10 Å². The maximum atomic E-state index is 12.3. The van der Waals surface area contributed by atoms with Gasteiger partial charge in [-0.25, -0.2) is 0 Å². The Bertz CT molecular complexity index is 566. The summed E-state index contributed by atoms with van der Waals surface area (Å²) in [5.74, 6) is 0.787. The highest BCUT2D eigenvalue weighted by molar-refractivity contribution is 6.42. The van der Waals surface area contributed by atoms with Crippen LogP contribution in [0.4, 0.5) is 0 Å². The zero-order valence-corrected chi connectivity index (χ0v) is 16.0. The summed E-state index contributed by atoms with van der Waals surface area (Å²) in [6.07, 6.45) is 1.72. The topological polar surface area (TPSA) is 41.6 Å². The predicted octanol–water partition coefficient (Wildman–Crippen LogP) is 4.00. The Morgan fingerprint density at radius 2 is 2.12 bits per heavy atom. The van der Waals surface area contributed by atoms with Gasteiger partial charge in [0.1, 0.15) is 10.8 Å². The number of piperidine rings is 1. The van der Waals surface area contributed by atoms with Gasteiger partial charge in [-0.1, -0.05) is 29.3 Å². The van der Waals surface area contributed by atoms with E-state index >= 15 is 0 Å². The average Bonchev–Trinajstić information content (AvgIpc) is 2.57. The van der Waals surface area contributed by atoms with Crippen LogP contribution in [0.5, 0.6) is 5.75 Å². The van der Waals surface area contributed by atoms with E-state index in [1.165, 1.54) is 6.42 Å². The van der Waals surface area contributed by atoms with E-state index in [1.807, 2.05) is 0 Å². The Labute approximate surface area is 154 Å². The zero-order valence-electron chi connectivity index (χ0n) is 14.5. The molecule has 1 aromatic rings. The first-order valence-electron chi connectivity index (χ1n) is 8.51. The molecule has 0 bridgehead atoms. The van der Waals surface area contributed by atoms with Crippen LogP contribution in [-0.2, 0) is 4.79 Å². The molecule has 0 radical (unpaired) electrons. The first kappa shape index (κ1) is 19.4. The molecule has 1 fully saturated rings. The summed E-state index contributed by atoms with van der Waals surface area (Å²) in [5, 5.41) is 3.75. The fourth-order valence-electron chi connectivity index (χ4n) is 2.94. The molecule has 24 heavy (non-hydrogen) atoms. The number of nitrogens with zero attached hydrogens (tertiary/aromatic N) is 1. The molecule has 0 aromatic heterocycles. The van der Waals surface area contributed by atoms with Crippen LogP contribution in [0.1, 0.15) is 33.6 Å². The van der Waals surface area contributed by atoms with E-state index in [-0.39, 0.29) is 5.91 Å². The molecule has 134 valence electrons. The van der Waals surface area contributed by atoms with Gasteiger partial charge in [0, 0.05) is 19.1 Å². The molecule has 0 spiro atoms. The Kier molecular flexibility index (Phi) is 7.20. The Morgan fingerprint density at radius 3 is 2.83 bits per heavy atom. The van der Waals surface area contributed by atoms with E-state index in [4.69, 9.17) is 27.9 Å². The average molecular weight is 373 g/mol. The lowest BCUT2D eigenvalue weighted by atomic mass is 9.97. The van der Waals surface area contributed by atoms with Gasteiger partial charge in [-0.15, -0.1) is 0 Å². The second-order valence-electron chi connectivity index (χ2n) is 6.65. The lowest BCUT2D eigenvalue weighted by Gasteiger charge is -2.35. The van der Waals surface area contributed by atoms with Gasteiger partial charge in [-0.3, -0.25) is 4.79 Å². The summed E-state index contributed by atoms with van der Waals surface area (Å²) in [4.78, 5) is 14.7. The number of benzene rings is 1. The Morgan fingerprint density at radius 1 is 1.38 bits per heavy atom. The Balaban J connectivity index is 1.82. The number of carbonyl (C=O) groups excluding carboxylic acids is 1. The van der Waals surface area contributed by atoms with E-state index in [9.17, 15) is 4.79 Å². The molecular formula is C18H26Cl2N2O2. The van der Waals surface area contributed by atoms with Crippen LogP contribution in [-0.4, -0.2) is 42.6 Å². The minimum absolute atomic E-state index is 0.132. The molecule has 1 heterocycles. The predicted molar refractivity (Wildman–Crippen MR) is 99.0 cm³/mol. The van der Waals surface area contributed by atoms with Crippen molar-refractivity contribution in [2.24, 2.45) is 5.92 Å². The highest BCUT2D eigenvalue weighted by atomic mass is 35.5. The number of halogens is 2. The molecule has 0 aliphatic carbocycles. The molecule has 1 aliphatic heterocycles. The van der Waals surface area contributed by atoms with Gasteiger partial charge in [0.2, 0.25) is 0 Å². The van der Waals surface area contributed by atoms with Crippen molar-refractivity contribution in [1.82, 2.24) is 10.2 Å². The summed E-state index contributed by atoms with van der Waals surface area (Å²) in [7, 11) is 0. The number of hydrogen-bond acceptors (Lipinski definition) is 3. The van der Waals surface area contributed by atoms with Crippen molar-refractivity contribution in [2.75, 3.05) is 19.6 Å². The monoisotopic (exact) mass is 372 g/mol. The van der Waals surface area contributed by atoms with E-state index in [2.05, 4.69) is 24.1 Å². The van der Waals surface area contributed by atoms with Gasteiger partial charge in [-0.2, -0.15) is 0 Å². The molecular weight excluding hydrogens is 347 g/mol. The summed E-state index contributed by atoms with van der Waals surface area (Å²) in [5.41, 5.74) is 0. The number of rotatable bonds is 6. The standard InChI is InChI=1S/C18H26Cl2N2O2/c1-12(2)22-9-5-6-14(11-22)10-21-18(23)13(3)24-16-8-4-7-15(19)17(16)20/h4,7-8,12-14H,5-6,9-11H2,1-3H3,(H,21,23). The van der Waals surface area contributed by atoms with Crippen LogP contribution in [0.15, 0.2) is 18.2 Å². The van der Waals surface area contributed by atoms with Gasteiger partial charge in [0.25, 0.3) is 5.91 Å². The molecule has 2 rings (SSSR count). The first-order valence-corrected chi connectivity index (χ1v) is 9.26. The third-order valence-corrected chi connectivity index (χ3v) is 5.24. The molecule has 1 N–H and O–H groups in total. The second kappa shape index (κ2) is 8.93. The van der Waals surface area contributed by atoms with Crippen molar-refractivity contribution >= 4 is 29.1 Å². The van der Waals surface area contributed by atoms with Gasteiger partial charge in [0.05, 0.1) is 5.02 Å². The normalized spacial score (nSPS) is 20.0. The summed E-state index contributed by atoms with van der Waals surface area (Å²) in [6.45, 7) is 9.01. The molecule has 6 heteroatoms. The number of likely N-dealkylation sites (tertiary alicyclic amines) is 1. The van der Waals surface area contributed by atoms with Crippen molar-refractivity contribution in [3.05, 3.63) is 28.2 Å². The van der Waals surface area contributed by atoms with E-state index < -0.39 is 6.10 Å². The number of hydrogen-bond donors (Lipinski definition) is 1. The molecule has 1 amide bonds. The van der Waals surface area contributed by atoms with Crippen molar-refractivity contribution < 1.29 is 9.53 Å². The van der Waals surface area contributed by atoms with Crippen molar-refractivity contribution in [3.8, 4) is 5.75 Å². The third kappa shape index (κ3) is 5.27. The zero-order chi connectivity index (χ0) is 17.7. The fourth-order valence-corrected chi connectivity index (χ4v) is 3.28. The van der Waals surface area contributed by atoms with E-state index in [1.54, 1.807) is 25.1 Å². The maximum absolute atomic E-state index is 12.3. The van der Waals surface area contributed by atoms with Gasteiger partial charge < -0.3 is 15.0 Å². The lowest BCUT2D eigenvalue weighted by Crippen LogP contribution is -2.45. The lowest BCUT2D eigenvalue weighted by molar-refractivity contribution is -0.127. The number of carbonyl (C=O) groups is 1. The molecule has 2 atom stereocenters. The minimum Gasteiger partial charge on any atom is -0.479 e. The van der Waals surface area contributed by atoms with Gasteiger partial charge in [-0.05, 0) is 58.2 Å². The third-order valence-electron chi connectivity index (χ3n) is 4.43. The van der Waals surface area contributed by atoms with Gasteiger partial charge >= 0.3 is 0 Å². The largest absolute Gasteiger partial charge is 0.479 e. The maximum Gasteiger partial charge on any atom is 0.260 e. The first-order chi connectivity index (χ1) is 11.4. The van der Waals surface area contributed by atoms with Crippen LogP contribution in [0.25, 0.3) is 0 Å². The molecule has 0 saturated carbocycles. The Hall–Kier alpha value is -0.970. The summed E-state index contributed by atoms with van der Waals surface area (Å²) < 4.78 is 5.65. The van der Waals surface area contributed by atoms with Crippen molar-refractivity contribution in [3.63, 3.8) is 0 Å². The van der Waals surface area contributed by atoms with Crippen LogP contribution in [0, 0.1) is 5.92 Å². The van der Waals surface area contributed by atoms with Crippen LogP contribution in [0.2, 0.25) is 10.0 Å². The fraction of sp³-hybridized carbons (Fsp3) is 0.611. The SMILES string of the molecule is CC(Oc1cccc(Cl)c1Cl)C(=O)NCC1CCCN(C(C)C)C1. The highest BCUT2D eigenvalue weighted by Crippen LogP contribution is 2.32. The van der Waals surface area contributed by atoms with Crippen molar-refractivity contribution in [1.29, 1.82) is 0 Å². The quantitative estimate of drug-likeness (QED) is 0.820. The van der Waals surface area contributed by atoms with Crippen LogP contribution >= 0.6 is 23.2 Å². The highest BCUT2D eigenvalue weighted by Gasteiger charge is 2.23. The van der Waals surface area contributed by atoms with E-state index in [0.29, 0.717) is 34.3 Å². The number of ether oxygens (including phenoxy) is 1. The second-order valence-corrected chi connectivity index (χ2v) is 7.44. The molecule has 1 aromatic carbocycles. The smallest absolute Gasteiger partial charge is 0.260 e. The molecule has 2 unspecified atom stereocenters. The van der Waals surface area contributed by atoms with Crippen molar-refractivity contribution in [2.45, 2.75) is 45.8 Å². The minimum atomic E-state index is -0.620. The van der Waals surface area contributed by atoms with Crippen LogP contribution < -0.4 is 10.1 Å². The summed E-state index contributed by atoms with van der Waals surface area (Å²) in [6, 6.07) is 5.69. The number of nitrogens with one attached hydrogen (secondary N) is 1. The van der Waals surface area contributed by atoms with Crippen LogP contribution in [0.3, 0.4) is 0 Å². The molecule has 1 aliphatic rings. The van der Waals surface area contributed by atoms with E-state index in [0.717, 1.165) is 19.5 Å². The number of amides is 1. The molecule has 4 nitrogen and oxygen atoms in total. The summed E-state index contributed by atoms with van der Waals surface area (Å²) >= 11 is 12.1.